The van der Waals surface area contributed by atoms with Crippen molar-refractivity contribution in [2.24, 2.45) is 0 Å². The van der Waals surface area contributed by atoms with Crippen LogP contribution in [-0.4, -0.2) is 45.9 Å². The van der Waals surface area contributed by atoms with E-state index in [0.29, 0.717) is 13.0 Å². The van der Waals surface area contributed by atoms with Crippen LogP contribution in [0.4, 0.5) is 22.4 Å². The van der Waals surface area contributed by atoms with E-state index >= 15 is 8.78 Å². The number of ether oxygens (including phenoxy) is 1. The van der Waals surface area contributed by atoms with E-state index in [0.717, 1.165) is 53.1 Å². The molecule has 270 valence electrons. The first-order valence-electron chi connectivity index (χ1n) is 17.4. The predicted octanol–water partition coefficient (Wildman–Crippen LogP) is 10.3. The van der Waals surface area contributed by atoms with Crippen molar-refractivity contribution in [2.75, 3.05) is 13.1 Å². The van der Waals surface area contributed by atoms with E-state index in [1.807, 2.05) is 54.6 Å². The molecule has 5 aromatic rings. The summed E-state index contributed by atoms with van der Waals surface area (Å²) < 4.78 is 64.0. The number of hydrogen-bond donors (Lipinski definition) is 0. The molecule has 1 fully saturated rings. The molecule has 2 atom stereocenters. The number of carbonyl (C=O) groups is 1. The fourth-order valence-corrected chi connectivity index (χ4v) is 8.81. The van der Waals surface area contributed by atoms with Crippen molar-refractivity contribution in [3.8, 4) is 0 Å². The third-order valence-corrected chi connectivity index (χ3v) is 10.9. The van der Waals surface area contributed by atoms with Crippen molar-refractivity contribution in [3.05, 3.63) is 178 Å². The van der Waals surface area contributed by atoms with Gasteiger partial charge in [-0.15, -0.1) is 11.8 Å². The Morgan fingerprint density at radius 2 is 1.15 bits per heavy atom. The minimum atomic E-state index is -0.774. The van der Waals surface area contributed by atoms with Crippen LogP contribution in [0.1, 0.15) is 55.0 Å². The van der Waals surface area contributed by atoms with Gasteiger partial charge in [0, 0.05) is 48.6 Å². The van der Waals surface area contributed by atoms with Gasteiger partial charge in [-0.1, -0.05) is 91.0 Å². The summed E-state index contributed by atoms with van der Waals surface area (Å²) in [4.78, 5) is 17.4. The Morgan fingerprint density at radius 1 is 0.712 bits per heavy atom. The largest absolute Gasteiger partial charge is 0.444 e. The van der Waals surface area contributed by atoms with E-state index in [1.165, 1.54) is 0 Å². The Morgan fingerprint density at radius 3 is 1.58 bits per heavy atom. The van der Waals surface area contributed by atoms with Crippen molar-refractivity contribution in [1.29, 1.82) is 0 Å². The van der Waals surface area contributed by atoms with Gasteiger partial charge in [-0.25, -0.2) is 22.4 Å². The average molecular weight is 727 g/mol. The molecule has 1 saturated heterocycles. The molecule has 0 spiro atoms. The molecular formula is C43H42F4N2O2S. The van der Waals surface area contributed by atoms with Crippen molar-refractivity contribution < 1.29 is 27.1 Å². The van der Waals surface area contributed by atoms with E-state index in [1.54, 1.807) is 42.3 Å². The zero-order valence-electron chi connectivity index (χ0n) is 29.4. The maximum absolute atomic E-state index is 15.0. The van der Waals surface area contributed by atoms with E-state index in [9.17, 15) is 13.6 Å². The first-order valence-corrected chi connectivity index (χ1v) is 18.2. The number of rotatable bonds is 11. The van der Waals surface area contributed by atoms with Gasteiger partial charge in [-0.3, -0.25) is 4.90 Å². The third-order valence-electron chi connectivity index (χ3n) is 9.16. The molecule has 1 aliphatic heterocycles. The van der Waals surface area contributed by atoms with Gasteiger partial charge in [0.15, 0.2) is 0 Å². The number of thioether (sulfide) groups is 1. The molecule has 9 heteroatoms. The maximum Gasteiger partial charge on any atom is 0.410 e. The number of carbonyl (C=O) groups excluding carboxylic acids is 1. The summed E-state index contributed by atoms with van der Waals surface area (Å²) in [6.07, 6.45) is 0.0190. The highest BCUT2D eigenvalue weighted by molar-refractivity contribution is 8.01. The number of amides is 1. The van der Waals surface area contributed by atoms with Gasteiger partial charge in [-0.2, -0.15) is 0 Å². The van der Waals surface area contributed by atoms with E-state index < -0.39 is 45.8 Å². The molecule has 1 amide bonds. The zero-order chi connectivity index (χ0) is 36.9. The Balaban J connectivity index is 1.40. The predicted molar refractivity (Wildman–Crippen MR) is 199 cm³/mol. The smallest absolute Gasteiger partial charge is 0.410 e. The lowest BCUT2D eigenvalue weighted by Crippen LogP contribution is -2.45. The molecule has 0 bridgehead atoms. The van der Waals surface area contributed by atoms with Crippen LogP contribution in [0.2, 0.25) is 0 Å². The van der Waals surface area contributed by atoms with Crippen LogP contribution in [0.15, 0.2) is 127 Å². The summed E-state index contributed by atoms with van der Waals surface area (Å²) in [6, 6.07) is 36.8. The van der Waals surface area contributed by atoms with Gasteiger partial charge in [0.05, 0.1) is 4.75 Å². The monoisotopic (exact) mass is 726 g/mol. The topological polar surface area (TPSA) is 32.8 Å². The van der Waals surface area contributed by atoms with Crippen LogP contribution >= 0.6 is 11.8 Å². The third kappa shape index (κ3) is 8.70. The Labute approximate surface area is 307 Å². The molecule has 0 saturated carbocycles. The van der Waals surface area contributed by atoms with E-state index in [2.05, 4.69) is 36.4 Å². The second kappa shape index (κ2) is 16.0. The summed E-state index contributed by atoms with van der Waals surface area (Å²) in [6.45, 7) is 5.72. The lowest BCUT2D eigenvalue weighted by Gasteiger charge is -2.37. The molecule has 0 aliphatic carbocycles. The number of benzene rings is 5. The summed E-state index contributed by atoms with van der Waals surface area (Å²) >= 11 is 1.76. The van der Waals surface area contributed by atoms with E-state index in [-0.39, 0.29) is 36.0 Å². The van der Waals surface area contributed by atoms with Crippen molar-refractivity contribution in [2.45, 2.75) is 61.9 Å². The van der Waals surface area contributed by atoms with Crippen molar-refractivity contribution >= 4 is 17.9 Å². The highest BCUT2D eigenvalue weighted by atomic mass is 32.2. The second-order valence-corrected chi connectivity index (χ2v) is 15.7. The van der Waals surface area contributed by atoms with Crippen LogP contribution in [0.3, 0.4) is 0 Å². The summed E-state index contributed by atoms with van der Waals surface area (Å²) in [5, 5.41) is -0.114. The quantitative estimate of drug-likeness (QED) is 0.100. The van der Waals surface area contributed by atoms with Crippen LogP contribution in [-0.2, 0) is 22.6 Å². The van der Waals surface area contributed by atoms with Crippen LogP contribution < -0.4 is 0 Å². The van der Waals surface area contributed by atoms with Gasteiger partial charge in [0.1, 0.15) is 28.9 Å². The molecule has 0 N–H and O–H groups in total. The van der Waals surface area contributed by atoms with Crippen LogP contribution in [0, 0.1) is 23.3 Å². The number of halogens is 4. The molecular weight excluding hydrogens is 685 g/mol. The fourth-order valence-electron chi connectivity index (χ4n) is 6.94. The molecule has 2 unspecified atom stereocenters. The SMILES string of the molecule is CC(C)(C)OC(=O)N1CC(SC(c2ccccc2)(c2ccccc2)c2ccccc2)CC1CN(Cc1cc(F)ccc1F)Cc1cc(F)ccc1F. The number of nitrogens with zero attached hydrogens (tertiary/aromatic N) is 2. The Hall–Kier alpha value is -4.60. The minimum absolute atomic E-state index is 0.0702. The van der Waals surface area contributed by atoms with Gasteiger partial charge >= 0.3 is 6.09 Å². The molecule has 52 heavy (non-hydrogen) atoms. The van der Waals surface area contributed by atoms with Gasteiger partial charge in [0.25, 0.3) is 0 Å². The molecule has 4 nitrogen and oxygen atoms in total. The Bertz CT molecular complexity index is 1810. The van der Waals surface area contributed by atoms with Crippen molar-refractivity contribution in [3.63, 3.8) is 0 Å². The van der Waals surface area contributed by atoms with Crippen LogP contribution in [0.25, 0.3) is 0 Å². The summed E-state index contributed by atoms with van der Waals surface area (Å²) in [5.41, 5.74) is 2.60. The molecule has 1 heterocycles. The van der Waals surface area contributed by atoms with Gasteiger partial charge < -0.3 is 9.64 Å². The highest BCUT2D eigenvalue weighted by Gasteiger charge is 2.45. The molecule has 5 aromatic carbocycles. The molecule has 6 rings (SSSR count). The summed E-state index contributed by atoms with van der Waals surface area (Å²) in [5.74, 6) is -2.46. The van der Waals surface area contributed by atoms with Crippen molar-refractivity contribution in [1.82, 2.24) is 9.80 Å². The molecule has 0 aromatic heterocycles. The van der Waals surface area contributed by atoms with Gasteiger partial charge in [-0.05, 0) is 80.3 Å². The normalized spacial score (nSPS) is 16.3. The van der Waals surface area contributed by atoms with Gasteiger partial charge in [0.2, 0.25) is 0 Å². The standard InChI is InChI=1S/C43H42F4N2O2S/c1-42(2,3)51-41(50)49-29-38(52-43(32-13-7-4-8-14-32,33-15-9-5-10-16-33)34-17-11-6-12-18-34)25-37(49)28-48(26-30-23-35(44)19-21-39(30)46)27-31-24-36(45)20-22-40(31)47/h4-24,37-38H,25-29H2,1-3H3. The average Bonchev–Trinajstić information content (AvgIpc) is 3.52. The lowest BCUT2D eigenvalue weighted by atomic mass is 9.84. The van der Waals surface area contributed by atoms with Crippen LogP contribution in [0.5, 0.6) is 0 Å². The number of hydrogen-bond acceptors (Lipinski definition) is 4. The Kier molecular flexibility index (Phi) is 11.4. The first-order chi connectivity index (χ1) is 24.9. The molecule has 1 aliphatic rings. The second-order valence-electron chi connectivity index (χ2n) is 14.2. The summed E-state index contributed by atoms with van der Waals surface area (Å²) in [7, 11) is 0. The highest BCUT2D eigenvalue weighted by Crippen LogP contribution is 2.52. The maximum atomic E-state index is 15.0. The lowest BCUT2D eigenvalue weighted by molar-refractivity contribution is 0.0190. The molecule has 0 radical (unpaired) electrons. The van der Waals surface area contributed by atoms with E-state index in [4.69, 9.17) is 4.74 Å². The zero-order valence-corrected chi connectivity index (χ0v) is 30.3. The number of likely N-dealkylation sites (tertiary alicyclic amines) is 1. The first kappa shape index (κ1) is 37.2. The fraction of sp³-hybridized carbons (Fsp3) is 0.279. The minimum Gasteiger partial charge on any atom is -0.444 e.